The summed E-state index contributed by atoms with van der Waals surface area (Å²) in [6, 6.07) is 11.4. The highest BCUT2D eigenvalue weighted by Crippen LogP contribution is 2.22. The first kappa shape index (κ1) is 21.0. The first-order chi connectivity index (χ1) is 13.3. The number of rotatable bonds is 8. The predicted octanol–water partition coefficient (Wildman–Crippen LogP) is 3.19. The van der Waals surface area contributed by atoms with Gasteiger partial charge in [-0.2, -0.15) is 0 Å². The van der Waals surface area contributed by atoms with Gasteiger partial charge in [0, 0.05) is 29.9 Å². The zero-order chi connectivity index (χ0) is 20.7. The maximum atomic E-state index is 12.5. The van der Waals surface area contributed by atoms with Crippen LogP contribution in [0.3, 0.4) is 0 Å². The second-order valence-corrected chi connectivity index (χ2v) is 6.17. The van der Waals surface area contributed by atoms with E-state index in [1.807, 2.05) is 13.8 Å². The average Bonchev–Trinajstić information content (AvgIpc) is 2.69. The number of benzene rings is 2. The molecule has 0 fully saturated rings. The van der Waals surface area contributed by atoms with E-state index in [1.165, 1.54) is 0 Å². The Balaban J connectivity index is 2.06. The average molecular weight is 384 g/mol. The van der Waals surface area contributed by atoms with Crippen LogP contribution < -0.4 is 10.1 Å². The van der Waals surface area contributed by atoms with Crippen molar-refractivity contribution in [2.45, 2.75) is 20.8 Å². The Hall–Kier alpha value is -3.35. The van der Waals surface area contributed by atoms with E-state index in [4.69, 9.17) is 9.84 Å². The number of ether oxygens (including phenoxy) is 1. The quantitative estimate of drug-likeness (QED) is 0.729. The lowest BCUT2D eigenvalue weighted by Crippen LogP contribution is -2.30. The largest absolute Gasteiger partial charge is 0.482 e. The molecule has 0 atom stereocenters. The van der Waals surface area contributed by atoms with Gasteiger partial charge in [-0.1, -0.05) is 0 Å². The van der Waals surface area contributed by atoms with Crippen molar-refractivity contribution in [3.05, 3.63) is 59.2 Å². The molecule has 0 bridgehead atoms. The minimum atomic E-state index is -1.06. The Kier molecular flexibility index (Phi) is 7.14. The van der Waals surface area contributed by atoms with Crippen LogP contribution in [0.2, 0.25) is 0 Å². The molecular formula is C21H24N2O5. The molecule has 28 heavy (non-hydrogen) atoms. The van der Waals surface area contributed by atoms with Crippen molar-refractivity contribution in [3.8, 4) is 5.75 Å². The summed E-state index contributed by atoms with van der Waals surface area (Å²) in [6.45, 7) is 6.46. The summed E-state index contributed by atoms with van der Waals surface area (Å²) in [5.41, 5.74) is 2.30. The fraction of sp³-hybridized carbons (Fsp3) is 0.286. The highest BCUT2D eigenvalue weighted by atomic mass is 16.5. The monoisotopic (exact) mass is 384 g/mol. The molecule has 148 valence electrons. The van der Waals surface area contributed by atoms with Crippen LogP contribution in [0, 0.1) is 6.92 Å². The highest BCUT2D eigenvalue weighted by molar-refractivity contribution is 6.05. The summed E-state index contributed by atoms with van der Waals surface area (Å²) < 4.78 is 5.12. The van der Waals surface area contributed by atoms with Gasteiger partial charge in [-0.25, -0.2) is 4.79 Å². The van der Waals surface area contributed by atoms with E-state index in [1.54, 1.807) is 54.3 Å². The summed E-state index contributed by atoms with van der Waals surface area (Å²) in [5.74, 6) is -1.01. The van der Waals surface area contributed by atoms with Crippen LogP contribution in [-0.4, -0.2) is 47.5 Å². The SMILES string of the molecule is CCN(CC)C(=O)c1ccc(C(=O)Nc2ccc(OCC(=O)O)cc2C)cc1. The minimum Gasteiger partial charge on any atom is -0.482 e. The standard InChI is InChI=1S/C21H24N2O5/c1-4-23(5-2)21(27)16-8-6-15(7-9-16)20(26)22-18-11-10-17(12-14(18)3)28-13-19(24)25/h6-12H,4-5,13H2,1-3H3,(H,22,26)(H,24,25). The number of carboxylic acids is 1. The Morgan fingerprint density at radius 3 is 2.14 bits per heavy atom. The second-order valence-electron chi connectivity index (χ2n) is 6.17. The zero-order valence-corrected chi connectivity index (χ0v) is 16.2. The van der Waals surface area contributed by atoms with Crippen molar-refractivity contribution in [2.24, 2.45) is 0 Å². The number of amides is 2. The number of carboxylic acid groups (broad SMARTS) is 1. The first-order valence-electron chi connectivity index (χ1n) is 9.01. The molecule has 0 spiro atoms. The van der Waals surface area contributed by atoms with Gasteiger partial charge in [-0.3, -0.25) is 9.59 Å². The van der Waals surface area contributed by atoms with E-state index in [0.717, 1.165) is 5.56 Å². The molecule has 7 heteroatoms. The lowest BCUT2D eigenvalue weighted by molar-refractivity contribution is -0.139. The van der Waals surface area contributed by atoms with Crippen LogP contribution in [0.1, 0.15) is 40.1 Å². The molecule has 2 aromatic carbocycles. The van der Waals surface area contributed by atoms with Gasteiger partial charge in [0.15, 0.2) is 6.61 Å². The lowest BCUT2D eigenvalue weighted by Gasteiger charge is -2.18. The molecule has 0 aliphatic rings. The summed E-state index contributed by atoms with van der Waals surface area (Å²) >= 11 is 0. The van der Waals surface area contributed by atoms with Crippen LogP contribution in [-0.2, 0) is 4.79 Å². The number of anilines is 1. The summed E-state index contributed by atoms with van der Waals surface area (Å²) in [5, 5.41) is 11.5. The van der Waals surface area contributed by atoms with E-state index in [9.17, 15) is 14.4 Å². The molecular weight excluding hydrogens is 360 g/mol. The number of aryl methyl sites for hydroxylation is 1. The third-order valence-electron chi connectivity index (χ3n) is 4.25. The molecule has 7 nitrogen and oxygen atoms in total. The van der Waals surface area contributed by atoms with Crippen LogP contribution in [0.25, 0.3) is 0 Å². The molecule has 0 saturated heterocycles. The van der Waals surface area contributed by atoms with E-state index >= 15 is 0 Å². The number of aliphatic carboxylic acids is 1. The smallest absolute Gasteiger partial charge is 0.341 e. The van der Waals surface area contributed by atoms with Gasteiger partial charge >= 0.3 is 5.97 Å². The molecule has 2 N–H and O–H groups in total. The van der Waals surface area contributed by atoms with Crippen molar-refractivity contribution in [3.63, 3.8) is 0 Å². The fourth-order valence-corrected chi connectivity index (χ4v) is 2.66. The van der Waals surface area contributed by atoms with Gasteiger partial charge in [0.25, 0.3) is 11.8 Å². The van der Waals surface area contributed by atoms with Gasteiger partial charge < -0.3 is 20.1 Å². The fourth-order valence-electron chi connectivity index (χ4n) is 2.66. The van der Waals surface area contributed by atoms with Crippen molar-refractivity contribution in [2.75, 3.05) is 25.0 Å². The lowest BCUT2D eigenvalue weighted by atomic mass is 10.1. The molecule has 0 aromatic heterocycles. The van der Waals surface area contributed by atoms with Gasteiger partial charge in [0.2, 0.25) is 0 Å². The van der Waals surface area contributed by atoms with Gasteiger partial charge in [0.05, 0.1) is 0 Å². The number of carbonyl (C=O) groups is 3. The Bertz CT molecular complexity index is 858. The number of nitrogens with zero attached hydrogens (tertiary/aromatic N) is 1. The van der Waals surface area contributed by atoms with Crippen molar-refractivity contribution >= 4 is 23.5 Å². The maximum absolute atomic E-state index is 12.5. The Labute approximate surface area is 163 Å². The molecule has 0 heterocycles. The normalized spacial score (nSPS) is 10.2. The van der Waals surface area contributed by atoms with Crippen molar-refractivity contribution < 1.29 is 24.2 Å². The number of carbonyl (C=O) groups excluding carboxylic acids is 2. The molecule has 0 radical (unpaired) electrons. The number of hydrogen-bond acceptors (Lipinski definition) is 4. The third kappa shape index (κ3) is 5.33. The molecule has 2 rings (SSSR count). The van der Waals surface area contributed by atoms with E-state index < -0.39 is 12.6 Å². The maximum Gasteiger partial charge on any atom is 0.341 e. The summed E-state index contributed by atoms with van der Waals surface area (Å²) in [6.07, 6.45) is 0. The minimum absolute atomic E-state index is 0.0650. The van der Waals surface area contributed by atoms with Gasteiger partial charge in [-0.15, -0.1) is 0 Å². The third-order valence-corrected chi connectivity index (χ3v) is 4.25. The first-order valence-corrected chi connectivity index (χ1v) is 9.01. The molecule has 0 aliphatic carbocycles. The van der Waals surface area contributed by atoms with Crippen molar-refractivity contribution in [1.29, 1.82) is 0 Å². The molecule has 2 amide bonds. The zero-order valence-electron chi connectivity index (χ0n) is 16.2. The van der Waals surface area contributed by atoms with Crippen LogP contribution in [0.4, 0.5) is 5.69 Å². The van der Waals surface area contributed by atoms with E-state index in [2.05, 4.69) is 5.32 Å². The van der Waals surface area contributed by atoms with E-state index in [0.29, 0.717) is 35.7 Å². The number of nitrogens with one attached hydrogen (secondary N) is 1. The molecule has 2 aromatic rings. The second kappa shape index (κ2) is 9.55. The van der Waals surface area contributed by atoms with Gasteiger partial charge in [0.1, 0.15) is 5.75 Å². The topological polar surface area (TPSA) is 95.9 Å². The molecule has 0 saturated carbocycles. The molecule has 0 aliphatic heterocycles. The predicted molar refractivity (Wildman–Crippen MR) is 106 cm³/mol. The Morgan fingerprint density at radius 1 is 1.00 bits per heavy atom. The van der Waals surface area contributed by atoms with E-state index in [-0.39, 0.29) is 11.8 Å². The van der Waals surface area contributed by atoms with Crippen molar-refractivity contribution in [1.82, 2.24) is 4.90 Å². The summed E-state index contributed by atoms with van der Waals surface area (Å²) in [7, 11) is 0. The highest BCUT2D eigenvalue weighted by Gasteiger charge is 2.14. The van der Waals surface area contributed by atoms with Crippen LogP contribution in [0.15, 0.2) is 42.5 Å². The van der Waals surface area contributed by atoms with Gasteiger partial charge in [-0.05, 0) is 68.8 Å². The molecule has 0 unspecified atom stereocenters. The number of hydrogen-bond donors (Lipinski definition) is 2. The van der Waals surface area contributed by atoms with Crippen LogP contribution >= 0.6 is 0 Å². The van der Waals surface area contributed by atoms with Crippen LogP contribution in [0.5, 0.6) is 5.75 Å². The Morgan fingerprint density at radius 2 is 1.61 bits per heavy atom. The summed E-state index contributed by atoms with van der Waals surface area (Å²) in [4.78, 5) is 37.1.